The molecule has 0 aromatic carbocycles. The summed E-state index contributed by atoms with van der Waals surface area (Å²) in [6, 6.07) is 0. The highest BCUT2D eigenvalue weighted by Crippen LogP contribution is 2.39. The average Bonchev–Trinajstić information content (AvgIpc) is 2.96. The molecule has 2 heterocycles. The Hall–Kier alpha value is 0.130. The maximum Gasteiger partial charge on any atom is 0.222 e. The van der Waals surface area contributed by atoms with Crippen LogP contribution in [0.25, 0.3) is 0 Å². The fourth-order valence-electron chi connectivity index (χ4n) is 2.68. The molecule has 0 aliphatic carbocycles. The quantitative estimate of drug-likeness (QED) is 0.556. The zero-order chi connectivity index (χ0) is 13.5. The van der Waals surface area contributed by atoms with Crippen molar-refractivity contribution in [3.05, 3.63) is 0 Å². The number of piperazine rings is 1. The van der Waals surface area contributed by atoms with Gasteiger partial charge in [-0.05, 0) is 25.8 Å². The van der Waals surface area contributed by atoms with Crippen molar-refractivity contribution in [1.82, 2.24) is 9.80 Å². The Kier molecular flexibility index (Phi) is 6.88. The van der Waals surface area contributed by atoms with E-state index in [4.69, 9.17) is 0 Å². The number of carbonyl (C=O) groups is 1. The average molecular weight is 303 g/mol. The fourth-order valence-corrected chi connectivity index (χ4v) is 5.71. The maximum atomic E-state index is 12.1. The monoisotopic (exact) mass is 302 g/mol. The number of hydrogen-bond acceptors (Lipinski definition) is 4. The number of likely N-dealkylation sites (N-methyl/N-ethyl adjacent to an activating group) is 1. The van der Waals surface area contributed by atoms with Gasteiger partial charge in [-0.3, -0.25) is 4.79 Å². The van der Waals surface area contributed by atoms with Crippen LogP contribution in [0, 0.1) is 0 Å². The van der Waals surface area contributed by atoms with Crippen molar-refractivity contribution in [3.8, 4) is 0 Å². The lowest BCUT2D eigenvalue weighted by Crippen LogP contribution is -2.48. The number of rotatable bonds is 6. The van der Waals surface area contributed by atoms with E-state index >= 15 is 0 Å². The van der Waals surface area contributed by atoms with Crippen molar-refractivity contribution in [3.63, 3.8) is 0 Å². The molecule has 5 heteroatoms. The van der Waals surface area contributed by atoms with E-state index in [0.29, 0.717) is 5.91 Å². The highest BCUT2D eigenvalue weighted by atomic mass is 33.1. The second-order valence-corrected chi connectivity index (χ2v) is 8.18. The Morgan fingerprint density at radius 1 is 1.21 bits per heavy atom. The van der Waals surface area contributed by atoms with Crippen molar-refractivity contribution >= 4 is 27.5 Å². The van der Waals surface area contributed by atoms with Crippen LogP contribution < -0.4 is 0 Å². The zero-order valence-electron chi connectivity index (χ0n) is 12.0. The van der Waals surface area contributed by atoms with Gasteiger partial charge < -0.3 is 9.80 Å². The van der Waals surface area contributed by atoms with Gasteiger partial charge in [-0.25, -0.2) is 0 Å². The first kappa shape index (κ1) is 15.5. The molecule has 0 aromatic rings. The van der Waals surface area contributed by atoms with Gasteiger partial charge in [0.15, 0.2) is 0 Å². The summed E-state index contributed by atoms with van der Waals surface area (Å²) in [6.07, 6.45) is 5.72. The summed E-state index contributed by atoms with van der Waals surface area (Å²) in [6.45, 7) is 7.27. The Bertz CT molecular complexity index is 275. The second kappa shape index (κ2) is 8.42. The SMILES string of the molecule is CCN1CCN(C(=O)CCCC[C@H]2CCSS2)CC1. The number of amides is 1. The first-order valence-electron chi connectivity index (χ1n) is 7.58. The molecular weight excluding hydrogens is 276 g/mol. The minimum absolute atomic E-state index is 0.379. The zero-order valence-corrected chi connectivity index (χ0v) is 13.6. The summed E-state index contributed by atoms with van der Waals surface area (Å²) in [5, 5.41) is 0.855. The Morgan fingerprint density at radius 3 is 2.63 bits per heavy atom. The molecule has 2 aliphatic rings. The third-order valence-electron chi connectivity index (χ3n) is 4.07. The summed E-state index contributed by atoms with van der Waals surface area (Å²) in [4.78, 5) is 16.6. The molecule has 2 saturated heterocycles. The molecule has 0 N–H and O–H groups in total. The van der Waals surface area contributed by atoms with E-state index in [0.717, 1.165) is 50.8 Å². The molecule has 0 aromatic heterocycles. The van der Waals surface area contributed by atoms with Crippen molar-refractivity contribution in [2.45, 2.75) is 44.3 Å². The number of carbonyl (C=O) groups excluding carboxylic acids is 1. The predicted molar refractivity (Wildman–Crippen MR) is 85.6 cm³/mol. The van der Waals surface area contributed by atoms with Crippen molar-refractivity contribution in [2.24, 2.45) is 0 Å². The Labute approximate surface area is 125 Å². The van der Waals surface area contributed by atoms with Crippen LogP contribution in [0.15, 0.2) is 0 Å². The topological polar surface area (TPSA) is 23.6 Å². The molecule has 0 spiro atoms. The van der Waals surface area contributed by atoms with E-state index in [1.807, 2.05) is 21.6 Å². The van der Waals surface area contributed by atoms with Crippen molar-refractivity contribution in [2.75, 3.05) is 38.5 Å². The van der Waals surface area contributed by atoms with Gasteiger partial charge in [0.25, 0.3) is 0 Å². The number of hydrogen-bond donors (Lipinski definition) is 0. The molecule has 0 saturated carbocycles. The highest BCUT2D eigenvalue weighted by Gasteiger charge is 2.20. The van der Waals surface area contributed by atoms with Gasteiger partial charge in [0, 0.05) is 43.6 Å². The molecule has 110 valence electrons. The van der Waals surface area contributed by atoms with Gasteiger partial charge in [0.2, 0.25) is 5.91 Å². The number of nitrogens with zero attached hydrogens (tertiary/aromatic N) is 2. The third kappa shape index (κ3) is 5.20. The van der Waals surface area contributed by atoms with Gasteiger partial charge in [0.1, 0.15) is 0 Å². The predicted octanol–water partition coefficient (Wildman–Crippen LogP) is 2.86. The third-order valence-corrected chi connectivity index (χ3v) is 7.07. The molecule has 19 heavy (non-hydrogen) atoms. The highest BCUT2D eigenvalue weighted by molar-refractivity contribution is 8.77. The van der Waals surface area contributed by atoms with Gasteiger partial charge >= 0.3 is 0 Å². The van der Waals surface area contributed by atoms with Crippen LogP contribution in [0.1, 0.15) is 39.0 Å². The lowest BCUT2D eigenvalue weighted by atomic mass is 10.1. The van der Waals surface area contributed by atoms with Crippen LogP contribution in [0.2, 0.25) is 0 Å². The largest absolute Gasteiger partial charge is 0.340 e. The van der Waals surface area contributed by atoms with Crippen LogP contribution in [0.4, 0.5) is 0 Å². The van der Waals surface area contributed by atoms with E-state index in [9.17, 15) is 4.79 Å². The van der Waals surface area contributed by atoms with Crippen LogP contribution >= 0.6 is 21.6 Å². The van der Waals surface area contributed by atoms with E-state index in [1.165, 1.54) is 25.0 Å². The summed E-state index contributed by atoms with van der Waals surface area (Å²) < 4.78 is 0. The molecule has 2 fully saturated rings. The fraction of sp³-hybridized carbons (Fsp3) is 0.929. The minimum atomic E-state index is 0.379. The van der Waals surface area contributed by atoms with Gasteiger partial charge in [0.05, 0.1) is 0 Å². The summed E-state index contributed by atoms with van der Waals surface area (Å²) in [5.41, 5.74) is 0. The van der Waals surface area contributed by atoms with Gasteiger partial charge in [-0.15, -0.1) is 0 Å². The molecule has 3 nitrogen and oxygen atoms in total. The molecule has 1 atom stereocenters. The maximum absolute atomic E-state index is 12.1. The molecule has 2 aliphatic heterocycles. The lowest BCUT2D eigenvalue weighted by molar-refractivity contribution is -0.133. The smallest absolute Gasteiger partial charge is 0.222 e. The van der Waals surface area contributed by atoms with Crippen LogP contribution in [-0.2, 0) is 4.79 Å². The minimum Gasteiger partial charge on any atom is -0.340 e. The van der Waals surface area contributed by atoms with Crippen molar-refractivity contribution in [1.29, 1.82) is 0 Å². The van der Waals surface area contributed by atoms with Crippen LogP contribution in [0.3, 0.4) is 0 Å². The van der Waals surface area contributed by atoms with E-state index in [2.05, 4.69) is 16.7 Å². The normalized spacial score (nSPS) is 24.9. The van der Waals surface area contributed by atoms with Crippen LogP contribution in [0.5, 0.6) is 0 Å². The Balaban J connectivity index is 1.54. The second-order valence-electron chi connectivity index (χ2n) is 5.39. The summed E-state index contributed by atoms with van der Waals surface area (Å²) in [5.74, 6) is 1.69. The van der Waals surface area contributed by atoms with E-state index in [1.54, 1.807) is 0 Å². The lowest BCUT2D eigenvalue weighted by Gasteiger charge is -2.34. The van der Waals surface area contributed by atoms with Crippen molar-refractivity contribution < 1.29 is 4.79 Å². The first-order valence-corrected chi connectivity index (χ1v) is 9.96. The number of unbranched alkanes of at least 4 members (excludes halogenated alkanes) is 1. The first-order chi connectivity index (χ1) is 9.29. The standard InChI is InChI=1S/C14H26N2OS2/c1-2-15-8-10-16(11-9-15)14(17)6-4-3-5-13-7-12-18-19-13/h13H,2-12H2,1H3/t13-/m0/s1. The van der Waals surface area contributed by atoms with E-state index in [-0.39, 0.29) is 0 Å². The molecule has 0 bridgehead atoms. The van der Waals surface area contributed by atoms with Crippen LogP contribution in [-0.4, -0.2) is 59.4 Å². The van der Waals surface area contributed by atoms with Gasteiger partial charge in [-0.1, -0.05) is 34.9 Å². The summed E-state index contributed by atoms with van der Waals surface area (Å²) in [7, 11) is 4.06. The molecule has 0 unspecified atom stereocenters. The summed E-state index contributed by atoms with van der Waals surface area (Å²) >= 11 is 0. The van der Waals surface area contributed by atoms with Gasteiger partial charge in [-0.2, -0.15) is 0 Å². The van der Waals surface area contributed by atoms with E-state index < -0.39 is 0 Å². The molecule has 0 radical (unpaired) electrons. The Morgan fingerprint density at radius 2 is 2.00 bits per heavy atom. The molecule has 1 amide bonds. The molecule has 2 rings (SSSR count). The molecular formula is C14H26N2OS2.